The Labute approximate surface area is 154 Å². The molecule has 0 saturated carbocycles. The second-order valence-electron chi connectivity index (χ2n) is 7.15. The first-order valence-electron chi connectivity index (χ1n) is 8.92. The summed E-state index contributed by atoms with van der Waals surface area (Å²) in [5, 5.41) is 0.668. The summed E-state index contributed by atoms with van der Waals surface area (Å²) in [5.41, 5.74) is 2.15. The van der Waals surface area contributed by atoms with Gasteiger partial charge in [-0.25, -0.2) is 0 Å². The predicted octanol–water partition coefficient (Wildman–Crippen LogP) is 4.14. The fourth-order valence-electron chi connectivity index (χ4n) is 3.62. The minimum atomic E-state index is -0.515. The first-order chi connectivity index (χ1) is 11.9. The van der Waals surface area contributed by atoms with Gasteiger partial charge in [-0.2, -0.15) is 0 Å². The molecule has 1 fully saturated rings. The number of hydrogen-bond acceptors (Lipinski definition) is 3. The Morgan fingerprint density at radius 1 is 1.32 bits per heavy atom. The van der Waals surface area contributed by atoms with Crippen molar-refractivity contribution in [1.29, 1.82) is 0 Å². The molecule has 0 aliphatic carbocycles. The Bertz CT molecular complexity index is 678. The van der Waals surface area contributed by atoms with Crippen LogP contribution in [0.15, 0.2) is 29.8 Å². The molecule has 2 heterocycles. The topological polar surface area (TPSA) is 38.8 Å². The van der Waals surface area contributed by atoms with Crippen LogP contribution in [0, 0.1) is 6.92 Å². The summed E-state index contributed by atoms with van der Waals surface area (Å²) in [6.07, 6.45) is 4.45. The first-order valence-corrected chi connectivity index (χ1v) is 9.30. The highest BCUT2D eigenvalue weighted by Crippen LogP contribution is 2.33. The van der Waals surface area contributed by atoms with E-state index in [4.69, 9.17) is 21.1 Å². The number of likely N-dealkylation sites (tertiary alicyclic amines) is 1. The lowest BCUT2D eigenvalue weighted by Gasteiger charge is -2.42. The molecule has 2 aliphatic rings. The molecule has 0 radical (unpaired) electrons. The summed E-state index contributed by atoms with van der Waals surface area (Å²) in [6.45, 7) is 8.09. The van der Waals surface area contributed by atoms with E-state index in [1.165, 1.54) is 5.57 Å². The van der Waals surface area contributed by atoms with Gasteiger partial charge in [0, 0.05) is 18.1 Å². The molecule has 1 atom stereocenters. The molecule has 1 amide bonds. The smallest absolute Gasteiger partial charge is 0.263 e. The van der Waals surface area contributed by atoms with Gasteiger partial charge in [-0.05, 0) is 63.8 Å². The number of piperidine rings is 1. The van der Waals surface area contributed by atoms with Gasteiger partial charge >= 0.3 is 0 Å². The number of carbonyl (C=O) groups excluding carboxylic acids is 1. The molecule has 25 heavy (non-hydrogen) atoms. The van der Waals surface area contributed by atoms with Crippen molar-refractivity contribution >= 4 is 17.5 Å². The molecule has 0 aromatic heterocycles. The third-order valence-electron chi connectivity index (χ3n) is 5.11. The zero-order valence-corrected chi connectivity index (χ0v) is 15.9. The third-order valence-corrected chi connectivity index (χ3v) is 5.34. The zero-order valence-electron chi connectivity index (χ0n) is 15.2. The van der Waals surface area contributed by atoms with Crippen LogP contribution in [0.2, 0.25) is 5.02 Å². The number of benzene rings is 1. The normalized spacial score (nSPS) is 21.0. The third kappa shape index (κ3) is 4.18. The number of amides is 1. The molecule has 1 saturated heterocycles. The van der Waals surface area contributed by atoms with Crippen LogP contribution < -0.4 is 4.74 Å². The average Bonchev–Trinajstić information content (AvgIpc) is 2.57. The number of aryl methyl sites for hydroxylation is 1. The Hall–Kier alpha value is -1.52. The van der Waals surface area contributed by atoms with Crippen molar-refractivity contribution in [3.05, 3.63) is 40.4 Å². The standard InChI is InChI=1S/C20H26ClNO3/c1-14-6-11-24-20(13-14)7-9-22(10-8-20)19(23)16(3)25-18-5-4-17(21)12-15(18)2/h4-5,12-13,16H,6-11H2,1-3H3. The van der Waals surface area contributed by atoms with Crippen LogP contribution in [0.1, 0.15) is 38.7 Å². The number of carbonyl (C=O) groups is 1. The molecule has 3 rings (SSSR count). The van der Waals surface area contributed by atoms with Crippen molar-refractivity contribution in [2.24, 2.45) is 0 Å². The van der Waals surface area contributed by atoms with Crippen LogP contribution in [0.3, 0.4) is 0 Å². The van der Waals surface area contributed by atoms with E-state index in [2.05, 4.69) is 13.0 Å². The Balaban J connectivity index is 1.59. The van der Waals surface area contributed by atoms with Crippen LogP contribution in [0.25, 0.3) is 0 Å². The van der Waals surface area contributed by atoms with Crippen molar-refractivity contribution in [3.8, 4) is 5.75 Å². The van der Waals surface area contributed by atoms with E-state index in [0.717, 1.165) is 31.4 Å². The number of halogens is 1. The summed E-state index contributed by atoms with van der Waals surface area (Å²) in [7, 11) is 0. The van der Waals surface area contributed by atoms with Gasteiger partial charge in [0.1, 0.15) is 5.75 Å². The second kappa shape index (κ2) is 7.38. The van der Waals surface area contributed by atoms with Gasteiger partial charge < -0.3 is 14.4 Å². The molecular formula is C20H26ClNO3. The maximum Gasteiger partial charge on any atom is 0.263 e. The van der Waals surface area contributed by atoms with Gasteiger partial charge in [0.25, 0.3) is 5.91 Å². The van der Waals surface area contributed by atoms with Gasteiger partial charge in [-0.15, -0.1) is 0 Å². The van der Waals surface area contributed by atoms with Gasteiger partial charge in [0.05, 0.1) is 12.2 Å². The Morgan fingerprint density at radius 3 is 2.68 bits per heavy atom. The molecule has 1 aromatic rings. The van der Waals surface area contributed by atoms with E-state index < -0.39 is 6.10 Å². The summed E-state index contributed by atoms with van der Waals surface area (Å²) < 4.78 is 11.9. The molecule has 5 heteroatoms. The van der Waals surface area contributed by atoms with Gasteiger partial charge in [-0.3, -0.25) is 4.79 Å². The molecule has 2 aliphatic heterocycles. The largest absolute Gasteiger partial charge is 0.481 e. The molecule has 1 spiro atoms. The highest BCUT2D eigenvalue weighted by atomic mass is 35.5. The Kier molecular flexibility index (Phi) is 5.40. The molecule has 0 N–H and O–H groups in total. The highest BCUT2D eigenvalue weighted by Gasteiger charge is 2.37. The molecular weight excluding hydrogens is 338 g/mol. The first kappa shape index (κ1) is 18.3. The van der Waals surface area contributed by atoms with Crippen molar-refractivity contribution in [3.63, 3.8) is 0 Å². The quantitative estimate of drug-likeness (QED) is 0.757. The van der Waals surface area contributed by atoms with Crippen molar-refractivity contribution in [1.82, 2.24) is 4.90 Å². The molecule has 1 unspecified atom stereocenters. The summed E-state index contributed by atoms with van der Waals surface area (Å²) >= 11 is 5.97. The maximum absolute atomic E-state index is 12.7. The fourth-order valence-corrected chi connectivity index (χ4v) is 3.84. The lowest BCUT2D eigenvalue weighted by Crippen LogP contribution is -2.51. The van der Waals surface area contributed by atoms with E-state index >= 15 is 0 Å². The molecule has 1 aromatic carbocycles. The van der Waals surface area contributed by atoms with Gasteiger partial charge in [-0.1, -0.05) is 23.3 Å². The highest BCUT2D eigenvalue weighted by molar-refractivity contribution is 6.30. The lowest BCUT2D eigenvalue weighted by molar-refractivity contribution is -0.142. The predicted molar refractivity (Wildman–Crippen MR) is 99.2 cm³/mol. The fraction of sp³-hybridized carbons (Fsp3) is 0.550. The van der Waals surface area contributed by atoms with Crippen molar-refractivity contribution in [2.75, 3.05) is 19.7 Å². The number of nitrogens with zero attached hydrogens (tertiary/aromatic N) is 1. The summed E-state index contributed by atoms with van der Waals surface area (Å²) in [5.74, 6) is 0.730. The van der Waals surface area contributed by atoms with E-state index in [9.17, 15) is 4.79 Å². The van der Waals surface area contributed by atoms with Gasteiger partial charge in [0.2, 0.25) is 0 Å². The van der Waals surface area contributed by atoms with Crippen LogP contribution in [-0.2, 0) is 9.53 Å². The number of ether oxygens (including phenoxy) is 2. The van der Waals surface area contributed by atoms with E-state index in [0.29, 0.717) is 23.9 Å². The zero-order chi connectivity index (χ0) is 18.0. The van der Waals surface area contributed by atoms with E-state index in [1.54, 1.807) is 6.07 Å². The number of rotatable bonds is 3. The minimum Gasteiger partial charge on any atom is -0.481 e. The maximum atomic E-state index is 12.7. The van der Waals surface area contributed by atoms with E-state index in [1.807, 2.05) is 30.9 Å². The molecule has 0 bridgehead atoms. The van der Waals surface area contributed by atoms with E-state index in [-0.39, 0.29) is 11.5 Å². The number of hydrogen-bond donors (Lipinski definition) is 0. The van der Waals surface area contributed by atoms with Crippen LogP contribution in [-0.4, -0.2) is 42.2 Å². The summed E-state index contributed by atoms with van der Waals surface area (Å²) in [4.78, 5) is 14.6. The van der Waals surface area contributed by atoms with Crippen molar-refractivity contribution < 1.29 is 14.3 Å². The van der Waals surface area contributed by atoms with Gasteiger partial charge in [0.15, 0.2) is 6.10 Å². The lowest BCUT2D eigenvalue weighted by atomic mass is 9.87. The summed E-state index contributed by atoms with van der Waals surface area (Å²) in [6, 6.07) is 5.44. The second-order valence-corrected chi connectivity index (χ2v) is 7.59. The molecule has 4 nitrogen and oxygen atoms in total. The van der Waals surface area contributed by atoms with Crippen molar-refractivity contribution in [2.45, 2.75) is 51.7 Å². The average molecular weight is 364 g/mol. The monoisotopic (exact) mass is 363 g/mol. The van der Waals surface area contributed by atoms with Crippen LogP contribution in [0.5, 0.6) is 5.75 Å². The Morgan fingerprint density at radius 2 is 2.04 bits per heavy atom. The minimum absolute atomic E-state index is 0.0284. The SMILES string of the molecule is CC1=CC2(CCN(C(=O)C(C)Oc3ccc(Cl)cc3C)CC2)OCC1. The van der Waals surface area contributed by atoms with Crippen LogP contribution >= 0.6 is 11.6 Å². The van der Waals surface area contributed by atoms with Crippen LogP contribution in [0.4, 0.5) is 0 Å². The molecule has 136 valence electrons.